The van der Waals surface area contributed by atoms with E-state index in [0.717, 1.165) is 36.8 Å². The molecule has 1 N–H and O–H groups in total. The Balaban J connectivity index is 1.53. The minimum absolute atomic E-state index is 0.0948. The molecule has 0 unspecified atom stereocenters. The van der Waals surface area contributed by atoms with Crippen LogP contribution in [0.25, 0.3) is 11.1 Å². The average Bonchev–Trinajstić information content (AvgIpc) is 3.35. The van der Waals surface area contributed by atoms with Gasteiger partial charge in [-0.1, -0.05) is 25.3 Å². The molecule has 5 rings (SSSR count). The molecule has 156 valence electrons. The van der Waals surface area contributed by atoms with E-state index in [2.05, 4.69) is 10.3 Å². The first-order chi connectivity index (χ1) is 14.6. The lowest BCUT2D eigenvalue weighted by Crippen LogP contribution is -2.64. The number of hydrogen-bond donors (Lipinski definition) is 1. The maximum atomic E-state index is 13.6. The van der Waals surface area contributed by atoms with Gasteiger partial charge in [0.1, 0.15) is 11.2 Å². The standard InChI is InChI=1S/C23H26N4O3/c1-23(22(29)25-17-7-3-2-4-8-17)15-26-18-9-11-30-20(18)12-19(26)21(28)27(23)14-16-6-5-10-24-13-16/h5-6,9-13,17H,2-4,7-8,14-15H2,1H3,(H,25,29)/t23-/m0/s1. The van der Waals surface area contributed by atoms with Crippen LogP contribution in [0.1, 0.15) is 55.1 Å². The summed E-state index contributed by atoms with van der Waals surface area (Å²) in [6, 6.07) is 7.58. The fourth-order valence-corrected chi connectivity index (χ4v) is 4.78. The van der Waals surface area contributed by atoms with Gasteiger partial charge in [-0.25, -0.2) is 0 Å². The highest BCUT2D eigenvalue weighted by molar-refractivity contribution is 6.02. The van der Waals surface area contributed by atoms with Crippen LogP contribution < -0.4 is 5.32 Å². The molecule has 0 aromatic carbocycles. The van der Waals surface area contributed by atoms with Crippen LogP contribution in [-0.2, 0) is 17.9 Å². The first kappa shape index (κ1) is 18.9. The normalized spacial score (nSPS) is 22.3. The Bertz CT molecular complexity index is 1080. The van der Waals surface area contributed by atoms with Gasteiger partial charge in [-0.2, -0.15) is 0 Å². The van der Waals surface area contributed by atoms with Crippen LogP contribution in [-0.4, -0.2) is 37.8 Å². The zero-order chi connectivity index (χ0) is 20.7. The van der Waals surface area contributed by atoms with Gasteiger partial charge in [-0.15, -0.1) is 0 Å². The highest BCUT2D eigenvalue weighted by Gasteiger charge is 2.48. The largest absolute Gasteiger partial charge is 0.463 e. The van der Waals surface area contributed by atoms with Crippen molar-refractivity contribution in [3.63, 3.8) is 0 Å². The molecule has 2 aliphatic rings. The molecule has 0 radical (unpaired) electrons. The van der Waals surface area contributed by atoms with E-state index in [0.29, 0.717) is 24.4 Å². The van der Waals surface area contributed by atoms with Crippen molar-refractivity contribution in [2.45, 2.75) is 63.7 Å². The molecule has 7 heteroatoms. The number of hydrogen-bond acceptors (Lipinski definition) is 4. The summed E-state index contributed by atoms with van der Waals surface area (Å²) < 4.78 is 7.44. The van der Waals surface area contributed by atoms with Gasteiger partial charge in [-0.05, 0) is 31.4 Å². The molecule has 1 atom stereocenters. The van der Waals surface area contributed by atoms with E-state index in [9.17, 15) is 9.59 Å². The van der Waals surface area contributed by atoms with Crippen LogP contribution in [0.15, 0.2) is 47.3 Å². The third-order valence-electron chi connectivity index (χ3n) is 6.54. The van der Waals surface area contributed by atoms with Crippen LogP contribution in [0, 0.1) is 0 Å². The van der Waals surface area contributed by atoms with E-state index in [1.165, 1.54) is 6.42 Å². The van der Waals surface area contributed by atoms with Crippen molar-refractivity contribution in [1.29, 1.82) is 0 Å². The Kier molecular flexibility index (Phi) is 4.60. The fraction of sp³-hybridized carbons (Fsp3) is 0.435. The summed E-state index contributed by atoms with van der Waals surface area (Å²) in [5.74, 6) is -0.263. The van der Waals surface area contributed by atoms with Gasteiger partial charge in [0.15, 0.2) is 5.58 Å². The van der Waals surface area contributed by atoms with Crippen LogP contribution in [0.4, 0.5) is 0 Å². The lowest BCUT2D eigenvalue weighted by molar-refractivity contribution is -0.134. The minimum Gasteiger partial charge on any atom is -0.463 e. The number of nitrogens with zero attached hydrogens (tertiary/aromatic N) is 3. The number of rotatable bonds is 4. The van der Waals surface area contributed by atoms with Gasteiger partial charge in [0.2, 0.25) is 5.91 Å². The molecule has 2 amide bonds. The van der Waals surface area contributed by atoms with E-state index in [-0.39, 0.29) is 17.9 Å². The highest BCUT2D eigenvalue weighted by Crippen LogP contribution is 2.34. The van der Waals surface area contributed by atoms with Crippen LogP contribution >= 0.6 is 0 Å². The van der Waals surface area contributed by atoms with Gasteiger partial charge < -0.3 is 19.2 Å². The summed E-state index contributed by atoms with van der Waals surface area (Å²) in [6.45, 7) is 2.58. The molecule has 3 aromatic rings. The molecule has 30 heavy (non-hydrogen) atoms. The van der Waals surface area contributed by atoms with Crippen molar-refractivity contribution in [3.8, 4) is 0 Å². The molecule has 1 aliphatic heterocycles. The van der Waals surface area contributed by atoms with E-state index < -0.39 is 5.54 Å². The molecule has 3 aromatic heterocycles. The molecule has 0 saturated heterocycles. The number of amides is 2. The van der Waals surface area contributed by atoms with Gasteiger partial charge in [-0.3, -0.25) is 14.6 Å². The Morgan fingerprint density at radius 3 is 2.90 bits per heavy atom. The maximum absolute atomic E-state index is 13.6. The first-order valence-corrected chi connectivity index (χ1v) is 10.6. The smallest absolute Gasteiger partial charge is 0.271 e. The number of aromatic nitrogens is 2. The van der Waals surface area contributed by atoms with E-state index in [1.807, 2.05) is 29.7 Å². The minimum atomic E-state index is -1.01. The van der Waals surface area contributed by atoms with Crippen molar-refractivity contribution in [1.82, 2.24) is 19.8 Å². The van der Waals surface area contributed by atoms with Crippen LogP contribution in [0.5, 0.6) is 0 Å². The summed E-state index contributed by atoms with van der Waals surface area (Å²) in [7, 11) is 0. The number of carbonyl (C=O) groups excluding carboxylic acids is 2. The van der Waals surface area contributed by atoms with E-state index in [4.69, 9.17) is 4.42 Å². The monoisotopic (exact) mass is 406 g/mol. The molecular formula is C23H26N4O3. The van der Waals surface area contributed by atoms with Gasteiger partial charge >= 0.3 is 0 Å². The molecule has 4 heterocycles. The summed E-state index contributed by atoms with van der Waals surface area (Å²) in [4.78, 5) is 33.0. The van der Waals surface area contributed by atoms with Crippen molar-refractivity contribution in [2.24, 2.45) is 0 Å². The van der Waals surface area contributed by atoms with Crippen molar-refractivity contribution in [2.75, 3.05) is 0 Å². The molecule has 1 aliphatic carbocycles. The Morgan fingerprint density at radius 1 is 1.30 bits per heavy atom. The van der Waals surface area contributed by atoms with Gasteiger partial charge in [0.05, 0.1) is 18.3 Å². The van der Waals surface area contributed by atoms with Crippen molar-refractivity contribution < 1.29 is 14.0 Å². The molecule has 1 fully saturated rings. The SMILES string of the molecule is C[C@@]1(C(=O)NC2CCCCC2)Cn2c(cc3occc32)C(=O)N1Cc1cccnc1. The Morgan fingerprint density at radius 2 is 2.13 bits per heavy atom. The van der Waals surface area contributed by atoms with Crippen LogP contribution in [0.2, 0.25) is 0 Å². The van der Waals surface area contributed by atoms with Crippen molar-refractivity contribution in [3.05, 3.63) is 54.2 Å². The average molecular weight is 406 g/mol. The predicted octanol–water partition coefficient (Wildman–Crippen LogP) is 3.49. The number of furan rings is 1. The molecule has 0 bridgehead atoms. The quantitative estimate of drug-likeness (QED) is 0.719. The van der Waals surface area contributed by atoms with E-state index >= 15 is 0 Å². The molecule has 0 spiro atoms. The summed E-state index contributed by atoms with van der Waals surface area (Å²) >= 11 is 0. The third-order valence-corrected chi connectivity index (χ3v) is 6.54. The number of fused-ring (bicyclic) bond motifs is 3. The summed E-state index contributed by atoms with van der Waals surface area (Å²) in [5.41, 5.74) is 1.94. The molecule has 7 nitrogen and oxygen atoms in total. The van der Waals surface area contributed by atoms with Gasteiger partial charge in [0.25, 0.3) is 5.91 Å². The number of pyridine rings is 1. The zero-order valence-electron chi connectivity index (χ0n) is 17.1. The maximum Gasteiger partial charge on any atom is 0.271 e. The number of nitrogens with one attached hydrogen (secondary N) is 1. The number of carbonyl (C=O) groups is 2. The summed E-state index contributed by atoms with van der Waals surface area (Å²) in [5, 5.41) is 3.25. The first-order valence-electron chi connectivity index (χ1n) is 10.6. The highest BCUT2D eigenvalue weighted by atomic mass is 16.3. The fourth-order valence-electron chi connectivity index (χ4n) is 4.78. The molecular weight excluding hydrogens is 380 g/mol. The lowest BCUT2D eigenvalue weighted by Gasteiger charge is -2.44. The Hall–Kier alpha value is -3.09. The second-order valence-corrected chi connectivity index (χ2v) is 8.62. The van der Waals surface area contributed by atoms with Gasteiger partial charge in [0, 0.05) is 37.1 Å². The molecule has 1 saturated carbocycles. The lowest BCUT2D eigenvalue weighted by atomic mass is 9.91. The van der Waals surface area contributed by atoms with Crippen molar-refractivity contribution >= 4 is 22.9 Å². The summed E-state index contributed by atoms with van der Waals surface area (Å²) in [6.07, 6.45) is 10.6. The predicted molar refractivity (Wildman–Crippen MR) is 112 cm³/mol. The second-order valence-electron chi connectivity index (χ2n) is 8.62. The zero-order valence-corrected chi connectivity index (χ0v) is 17.1. The topological polar surface area (TPSA) is 80.4 Å². The van der Waals surface area contributed by atoms with Crippen LogP contribution in [0.3, 0.4) is 0 Å². The Labute approximate surface area is 175 Å². The second kappa shape index (κ2) is 7.31. The van der Waals surface area contributed by atoms with E-state index in [1.54, 1.807) is 29.6 Å². The third kappa shape index (κ3) is 3.09.